The highest BCUT2D eigenvalue weighted by molar-refractivity contribution is 7.10. The maximum atomic E-state index is 10.0. The summed E-state index contributed by atoms with van der Waals surface area (Å²) in [4.78, 5) is 5.22. The molecule has 20 heavy (non-hydrogen) atoms. The van der Waals surface area contributed by atoms with Crippen LogP contribution in [0.2, 0.25) is 0 Å². The standard InChI is InChI=1S/C15H20N2O2S/c1-11(2)19-15-12(5-3-7-17-15)9-16-10-13(18)14-6-4-8-20-14/h3-8,11,13,16,18H,9-10H2,1-2H3. The Labute approximate surface area is 123 Å². The van der Waals surface area contributed by atoms with E-state index < -0.39 is 6.10 Å². The first-order valence-corrected chi connectivity index (χ1v) is 7.57. The summed E-state index contributed by atoms with van der Waals surface area (Å²) in [6, 6.07) is 7.75. The molecule has 0 aliphatic carbocycles. The molecule has 0 spiro atoms. The van der Waals surface area contributed by atoms with Crippen LogP contribution in [0.15, 0.2) is 35.8 Å². The topological polar surface area (TPSA) is 54.4 Å². The average molecular weight is 292 g/mol. The number of aliphatic hydroxyl groups is 1. The number of hydrogen-bond donors (Lipinski definition) is 2. The van der Waals surface area contributed by atoms with Gasteiger partial charge in [-0.05, 0) is 31.4 Å². The van der Waals surface area contributed by atoms with Crippen molar-refractivity contribution in [3.8, 4) is 5.88 Å². The lowest BCUT2D eigenvalue weighted by Gasteiger charge is -2.14. The molecule has 108 valence electrons. The van der Waals surface area contributed by atoms with Crippen LogP contribution in [-0.4, -0.2) is 22.7 Å². The molecule has 1 atom stereocenters. The fourth-order valence-electron chi connectivity index (χ4n) is 1.81. The van der Waals surface area contributed by atoms with Gasteiger partial charge in [0.05, 0.1) is 6.10 Å². The maximum absolute atomic E-state index is 10.0. The van der Waals surface area contributed by atoms with E-state index in [-0.39, 0.29) is 6.10 Å². The van der Waals surface area contributed by atoms with Crippen molar-refractivity contribution in [2.24, 2.45) is 0 Å². The van der Waals surface area contributed by atoms with E-state index in [1.54, 1.807) is 17.5 Å². The lowest BCUT2D eigenvalue weighted by atomic mass is 10.2. The number of hydrogen-bond acceptors (Lipinski definition) is 5. The second-order valence-electron chi connectivity index (χ2n) is 4.80. The van der Waals surface area contributed by atoms with Gasteiger partial charge in [0.15, 0.2) is 0 Å². The second kappa shape index (κ2) is 7.38. The molecule has 4 nitrogen and oxygen atoms in total. The van der Waals surface area contributed by atoms with Crippen LogP contribution in [-0.2, 0) is 6.54 Å². The monoisotopic (exact) mass is 292 g/mol. The number of nitrogens with zero attached hydrogens (tertiary/aromatic N) is 1. The van der Waals surface area contributed by atoms with Crippen LogP contribution in [0, 0.1) is 0 Å². The van der Waals surface area contributed by atoms with E-state index in [0.29, 0.717) is 19.0 Å². The van der Waals surface area contributed by atoms with Crippen LogP contribution >= 0.6 is 11.3 Å². The number of thiophene rings is 1. The third kappa shape index (κ3) is 4.30. The van der Waals surface area contributed by atoms with Crippen molar-refractivity contribution in [2.45, 2.75) is 32.6 Å². The van der Waals surface area contributed by atoms with Gasteiger partial charge in [-0.2, -0.15) is 0 Å². The average Bonchev–Trinajstić information content (AvgIpc) is 2.94. The molecule has 0 aliphatic heterocycles. The maximum Gasteiger partial charge on any atom is 0.218 e. The molecule has 1 unspecified atom stereocenters. The Kier molecular flexibility index (Phi) is 5.52. The highest BCUT2D eigenvalue weighted by atomic mass is 32.1. The molecular formula is C15H20N2O2S. The summed E-state index contributed by atoms with van der Waals surface area (Å²) in [5.74, 6) is 0.653. The van der Waals surface area contributed by atoms with Crippen molar-refractivity contribution >= 4 is 11.3 Å². The van der Waals surface area contributed by atoms with Crippen LogP contribution in [0.25, 0.3) is 0 Å². The summed E-state index contributed by atoms with van der Waals surface area (Å²) in [5, 5.41) is 15.2. The first-order valence-electron chi connectivity index (χ1n) is 6.69. The van der Waals surface area contributed by atoms with Gasteiger partial charge in [0, 0.05) is 29.7 Å². The van der Waals surface area contributed by atoms with Crippen LogP contribution < -0.4 is 10.1 Å². The SMILES string of the molecule is CC(C)Oc1ncccc1CNCC(O)c1cccs1. The minimum Gasteiger partial charge on any atom is -0.475 e. The van der Waals surface area contributed by atoms with E-state index >= 15 is 0 Å². The van der Waals surface area contributed by atoms with Gasteiger partial charge >= 0.3 is 0 Å². The summed E-state index contributed by atoms with van der Waals surface area (Å²) in [6.45, 7) is 5.09. The van der Waals surface area contributed by atoms with Crippen LogP contribution in [0.1, 0.15) is 30.4 Å². The van der Waals surface area contributed by atoms with Crippen LogP contribution in [0.4, 0.5) is 0 Å². The smallest absolute Gasteiger partial charge is 0.218 e. The quantitative estimate of drug-likeness (QED) is 0.824. The molecule has 2 aromatic heterocycles. The number of pyridine rings is 1. The van der Waals surface area contributed by atoms with Crippen molar-refractivity contribution in [2.75, 3.05) is 6.54 Å². The van der Waals surface area contributed by atoms with E-state index in [1.807, 2.05) is 43.5 Å². The summed E-state index contributed by atoms with van der Waals surface area (Å²) in [6.07, 6.45) is 1.35. The molecule has 0 fully saturated rings. The molecule has 2 N–H and O–H groups in total. The van der Waals surface area contributed by atoms with Gasteiger partial charge in [0.25, 0.3) is 0 Å². The van der Waals surface area contributed by atoms with Gasteiger partial charge in [0.2, 0.25) is 5.88 Å². The molecule has 0 saturated carbocycles. The van der Waals surface area contributed by atoms with E-state index in [1.165, 1.54) is 0 Å². The predicted molar refractivity (Wildman–Crippen MR) is 81.0 cm³/mol. The van der Waals surface area contributed by atoms with Crippen molar-refractivity contribution < 1.29 is 9.84 Å². The number of ether oxygens (including phenoxy) is 1. The molecule has 0 saturated heterocycles. The van der Waals surface area contributed by atoms with Gasteiger partial charge in [-0.1, -0.05) is 12.1 Å². The van der Waals surface area contributed by atoms with Gasteiger partial charge in [0.1, 0.15) is 6.10 Å². The summed E-state index contributed by atoms with van der Waals surface area (Å²) in [5.41, 5.74) is 1.000. The van der Waals surface area contributed by atoms with Crippen molar-refractivity contribution in [3.05, 3.63) is 46.3 Å². The molecule has 0 aliphatic rings. The van der Waals surface area contributed by atoms with Gasteiger partial charge < -0.3 is 15.2 Å². The van der Waals surface area contributed by atoms with E-state index in [4.69, 9.17) is 4.74 Å². The number of aliphatic hydroxyl groups excluding tert-OH is 1. The van der Waals surface area contributed by atoms with Crippen LogP contribution in [0.5, 0.6) is 5.88 Å². The normalized spacial score (nSPS) is 12.6. The molecule has 0 aromatic carbocycles. The van der Waals surface area contributed by atoms with Crippen molar-refractivity contribution in [1.29, 1.82) is 0 Å². The largest absolute Gasteiger partial charge is 0.475 e. The summed E-state index contributed by atoms with van der Waals surface area (Å²) in [7, 11) is 0. The first-order chi connectivity index (χ1) is 9.66. The lowest BCUT2D eigenvalue weighted by Crippen LogP contribution is -2.21. The second-order valence-corrected chi connectivity index (χ2v) is 5.78. The Morgan fingerprint density at radius 3 is 2.90 bits per heavy atom. The van der Waals surface area contributed by atoms with Crippen molar-refractivity contribution in [1.82, 2.24) is 10.3 Å². The summed E-state index contributed by atoms with van der Waals surface area (Å²) >= 11 is 1.56. The number of rotatable bonds is 7. The summed E-state index contributed by atoms with van der Waals surface area (Å²) < 4.78 is 5.66. The third-order valence-electron chi connectivity index (χ3n) is 2.72. The zero-order chi connectivity index (χ0) is 14.4. The minimum absolute atomic E-state index is 0.0976. The van der Waals surface area contributed by atoms with Gasteiger partial charge in [-0.15, -0.1) is 11.3 Å². The van der Waals surface area contributed by atoms with E-state index in [9.17, 15) is 5.11 Å². The Hall–Kier alpha value is -1.43. The Morgan fingerprint density at radius 1 is 1.35 bits per heavy atom. The molecule has 2 rings (SSSR count). The minimum atomic E-state index is -0.471. The Morgan fingerprint density at radius 2 is 2.20 bits per heavy atom. The zero-order valence-corrected chi connectivity index (χ0v) is 12.6. The molecule has 5 heteroatoms. The van der Waals surface area contributed by atoms with Gasteiger partial charge in [-0.3, -0.25) is 0 Å². The molecule has 2 heterocycles. The predicted octanol–water partition coefficient (Wildman–Crippen LogP) is 2.75. The van der Waals surface area contributed by atoms with E-state index in [0.717, 1.165) is 10.4 Å². The zero-order valence-electron chi connectivity index (χ0n) is 11.7. The molecular weight excluding hydrogens is 272 g/mol. The number of nitrogens with one attached hydrogen (secondary N) is 1. The Balaban J connectivity index is 1.88. The molecule has 0 amide bonds. The lowest BCUT2D eigenvalue weighted by molar-refractivity contribution is 0.177. The fourth-order valence-corrected chi connectivity index (χ4v) is 2.52. The highest BCUT2D eigenvalue weighted by Gasteiger charge is 2.10. The first kappa shape index (κ1) is 15.0. The van der Waals surface area contributed by atoms with Crippen molar-refractivity contribution in [3.63, 3.8) is 0 Å². The Bertz CT molecular complexity index is 514. The molecule has 0 radical (unpaired) electrons. The highest BCUT2D eigenvalue weighted by Crippen LogP contribution is 2.19. The fraction of sp³-hybridized carbons (Fsp3) is 0.400. The molecule has 2 aromatic rings. The van der Waals surface area contributed by atoms with Crippen LogP contribution in [0.3, 0.4) is 0 Å². The van der Waals surface area contributed by atoms with E-state index in [2.05, 4.69) is 10.3 Å². The van der Waals surface area contributed by atoms with Gasteiger partial charge in [-0.25, -0.2) is 4.98 Å². The third-order valence-corrected chi connectivity index (χ3v) is 3.70. The number of aromatic nitrogens is 1. The molecule has 0 bridgehead atoms.